The van der Waals surface area contributed by atoms with E-state index in [0.29, 0.717) is 5.69 Å². The molecule has 0 saturated carbocycles. The Labute approximate surface area is 128 Å². The van der Waals surface area contributed by atoms with Gasteiger partial charge in [-0.3, -0.25) is 9.69 Å². The van der Waals surface area contributed by atoms with Gasteiger partial charge in [-0.2, -0.15) is 0 Å². The molecule has 0 saturated heterocycles. The first kappa shape index (κ1) is 17.5. The van der Waals surface area contributed by atoms with Crippen LogP contribution >= 0.6 is 0 Å². The van der Waals surface area contributed by atoms with Gasteiger partial charge in [0.05, 0.1) is 6.04 Å². The first-order valence-electron chi connectivity index (χ1n) is 7.99. The fourth-order valence-electron chi connectivity index (χ4n) is 2.25. The lowest BCUT2D eigenvalue weighted by Crippen LogP contribution is -2.43. The zero-order valence-corrected chi connectivity index (χ0v) is 13.6. The molecule has 0 aliphatic rings. The summed E-state index contributed by atoms with van der Waals surface area (Å²) in [6.45, 7) is 8.28. The van der Waals surface area contributed by atoms with E-state index in [-0.39, 0.29) is 11.9 Å². The third kappa shape index (κ3) is 6.17. The quantitative estimate of drug-likeness (QED) is 0.685. The third-order valence-corrected chi connectivity index (χ3v) is 3.68. The highest BCUT2D eigenvalue weighted by Gasteiger charge is 2.20. The van der Waals surface area contributed by atoms with Crippen molar-refractivity contribution in [3.63, 3.8) is 0 Å². The average Bonchev–Trinajstić information content (AvgIpc) is 2.47. The topological polar surface area (TPSA) is 58.4 Å². The van der Waals surface area contributed by atoms with Crippen LogP contribution in [0.5, 0.6) is 0 Å². The number of unbranched alkanes of at least 4 members (excludes halogenated alkanes) is 2. The van der Waals surface area contributed by atoms with Gasteiger partial charge in [-0.05, 0) is 51.1 Å². The molecule has 0 aliphatic carbocycles. The number of carbonyl (C=O) groups excluding carboxylic acids is 1. The molecule has 0 radical (unpaired) electrons. The van der Waals surface area contributed by atoms with Gasteiger partial charge in [0.2, 0.25) is 5.91 Å². The molecular formula is C17H29N3O. The highest BCUT2D eigenvalue weighted by Crippen LogP contribution is 2.13. The second-order valence-corrected chi connectivity index (χ2v) is 5.53. The zero-order valence-electron chi connectivity index (χ0n) is 13.6. The molecule has 1 atom stereocenters. The number of nitrogens with one attached hydrogen (secondary N) is 1. The third-order valence-electron chi connectivity index (χ3n) is 3.68. The molecule has 118 valence electrons. The van der Waals surface area contributed by atoms with Crippen molar-refractivity contribution in [1.29, 1.82) is 0 Å². The fourth-order valence-corrected chi connectivity index (χ4v) is 2.25. The van der Waals surface area contributed by atoms with Crippen LogP contribution in [0.2, 0.25) is 0 Å². The van der Waals surface area contributed by atoms with Gasteiger partial charge in [-0.25, -0.2) is 0 Å². The predicted octanol–water partition coefficient (Wildman–Crippen LogP) is 3.50. The van der Waals surface area contributed by atoms with Crippen molar-refractivity contribution in [1.82, 2.24) is 4.90 Å². The smallest absolute Gasteiger partial charge is 0.241 e. The standard InChI is InChI=1S/C17H29N3O/c1-4-6-11-20(12-7-5-2)14(3)17(21)19-16-10-8-9-15(18)13-16/h8-10,13-14H,4-7,11-12,18H2,1-3H3,(H,19,21). The Balaban J connectivity index is 2.63. The van der Waals surface area contributed by atoms with Crippen molar-refractivity contribution in [2.24, 2.45) is 0 Å². The zero-order chi connectivity index (χ0) is 15.7. The lowest BCUT2D eigenvalue weighted by Gasteiger charge is -2.28. The fraction of sp³-hybridized carbons (Fsp3) is 0.588. The second kappa shape index (κ2) is 9.40. The van der Waals surface area contributed by atoms with E-state index in [0.717, 1.165) is 44.5 Å². The highest BCUT2D eigenvalue weighted by molar-refractivity contribution is 5.94. The van der Waals surface area contributed by atoms with Crippen LogP contribution in [0.4, 0.5) is 11.4 Å². The van der Waals surface area contributed by atoms with Crippen molar-refractivity contribution in [3.05, 3.63) is 24.3 Å². The lowest BCUT2D eigenvalue weighted by atomic mass is 10.2. The Hall–Kier alpha value is -1.55. The van der Waals surface area contributed by atoms with Gasteiger partial charge in [0.15, 0.2) is 0 Å². The molecule has 0 aliphatic heterocycles. The maximum atomic E-state index is 12.4. The van der Waals surface area contributed by atoms with Crippen LogP contribution in [-0.4, -0.2) is 29.9 Å². The Kier molecular flexibility index (Phi) is 7.83. The van der Waals surface area contributed by atoms with Crippen LogP contribution in [0.15, 0.2) is 24.3 Å². The van der Waals surface area contributed by atoms with Gasteiger partial charge in [-0.1, -0.05) is 32.8 Å². The number of hydrogen-bond donors (Lipinski definition) is 2. The molecule has 4 nitrogen and oxygen atoms in total. The second-order valence-electron chi connectivity index (χ2n) is 5.53. The molecule has 4 heteroatoms. The average molecular weight is 291 g/mol. The summed E-state index contributed by atoms with van der Waals surface area (Å²) in [5.41, 5.74) is 7.16. The number of benzene rings is 1. The summed E-state index contributed by atoms with van der Waals surface area (Å²) in [6.07, 6.45) is 4.54. The van der Waals surface area contributed by atoms with Crippen LogP contribution in [0.1, 0.15) is 46.5 Å². The van der Waals surface area contributed by atoms with Gasteiger partial charge in [0, 0.05) is 11.4 Å². The molecule has 0 spiro atoms. The molecule has 0 bridgehead atoms. The van der Waals surface area contributed by atoms with Crippen LogP contribution in [0.25, 0.3) is 0 Å². The SMILES string of the molecule is CCCCN(CCCC)C(C)C(=O)Nc1cccc(N)c1. The number of nitrogens with two attached hydrogens (primary N) is 1. The Bertz CT molecular complexity index is 426. The molecular weight excluding hydrogens is 262 g/mol. The molecule has 21 heavy (non-hydrogen) atoms. The van der Waals surface area contributed by atoms with Crippen LogP contribution in [-0.2, 0) is 4.79 Å². The van der Waals surface area contributed by atoms with E-state index in [1.165, 1.54) is 0 Å². The predicted molar refractivity (Wildman–Crippen MR) is 90.3 cm³/mol. The van der Waals surface area contributed by atoms with Crippen LogP contribution in [0, 0.1) is 0 Å². The van der Waals surface area contributed by atoms with Gasteiger partial charge in [-0.15, -0.1) is 0 Å². The summed E-state index contributed by atoms with van der Waals surface area (Å²) in [5, 5.41) is 2.96. The number of hydrogen-bond acceptors (Lipinski definition) is 3. The Morgan fingerprint density at radius 3 is 2.38 bits per heavy atom. The summed E-state index contributed by atoms with van der Waals surface area (Å²) in [7, 11) is 0. The molecule has 1 amide bonds. The molecule has 3 N–H and O–H groups in total. The van der Waals surface area contributed by atoms with Crippen molar-refractivity contribution in [2.45, 2.75) is 52.5 Å². The monoisotopic (exact) mass is 291 g/mol. The lowest BCUT2D eigenvalue weighted by molar-refractivity contribution is -0.120. The Morgan fingerprint density at radius 1 is 1.24 bits per heavy atom. The van der Waals surface area contributed by atoms with Gasteiger partial charge in [0.25, 0.3) is 0 Å². The number of carbonyl (C=O) groups is 1. The summed E-state index contributed by atoms with van der Waals surface area (Å²) < 4.78 is 0. The number of anilines is 2. The molecule has 0 heterocycles. The molecule has 0 aromatic heterocycles. The number of nitrogens with zero attached hydrogens (tertiary/aromatic N) is 1. The summed E-state index contributed by atoms with van der Waals surface area (Å²) in [5.74, 6) is 0.0350. The normalized spacial score (nSPS) is 12.4. The number of nitrogen functional groups attached to an aromatic ring is 1. The minimum Gasteiger partial charge on any atom is -0.399 e. The highest BCUT2D eigenvalue weighted by atomic mass is 16.2. The van der Waals surface area contributed by atoms with E-state index >= 15 is 0 Å². The summed E-state index contributed by atoms with van der Waals surface area (Å²) in [6, 6.07) is 7.19. The van der Waals surface area contributed by atoms with Gasteiger partial charge >= 0.3 is 0 Å². The molecule has 1 aromatic carbocycles. The number of rotatable bonds is 9. The maximum absolute atomic E-state index is 12.4. The van der Waals surface area contributed by atoms with Crippen molar-refractivity contribution in [3.8, 4) is 0 Å². The van der Waals surface area contributed by atoms with Crippen molar-refractivity contribution >= 4 is 17.3 Å². The van der Waals surface area contributed by atoms with E-state index in [1.54, 1.807) is 6.07 Å². The minimum atomic E-state index is -0.121. The van der Waals surface area contributed by atoms with E-state index in [4.69, 9.17) is 5.73 Å². The van der Waals surface area contributed by atoms with E-state index in [2.05, 4.69) is 24.1 Å². The van der Waals surface area contributed by atoms with E-state index in [1.807, 2.05) is 25.1 Å². The van der Waals surface area contributed by atoms with Crippen molar-refractivity contribution in [2.75, 3.05) is 24.1 Å². The largest absolute Gasteiger partial charge is 0.399 e. The first-order chi connectivity index (χ1) is 10.1. The van der Waals surface area contributed by atoms with Crippen molar-refractivity contribution < 1.29 is 4.79 Å². The Morgan fingerprint density at radius 2 is 1.86 bits per heavy atom. The maximum Gasteiger partial charge on any atom is 0.241 e. The minimum absolute atomic E-state index is 0.0350. The molecule has 1 rings (SSSR count). The van der Waals surface area contributed by atoms with Crippen LogP contribution in [0.3, 0.4) is 0 Å². The molecule has 1 aromatic rings. The molecule has 1 unspecified atom stereocenters. The number of amides is 1. The van der Waals surface area contributed by atoms with Gasteiger partial charge in [0.1, 0.15) is 0 Å². The summed E-state index contributed by atoms with van der Waals surface area (Å²) in [4.78, 5) is 14.7. The van der Waals surface area contributed by atoms with Crippen LogP contribution < -0.4 is 11.1 Å². The van der Waals surface area contributed by atoms with E-state index in [9.17, 15) is 4.79 Å². The van der Waals surface area contributed by atoms with E-state index < -0.39 is 0 Å². The summed E-state index contributed by atoms with van der Waals surface area (Å²) >= 11 is 0. The van der Waals surface area contributed by atoms with Gasteiger partial charge < -0.3 is 11.1 Å². The first-order valence-corrected chi connectivity index (χ1v) is 7.99. The molecule has 0 fully saturated rings.